The van der Waals surface area contributed by atoms with Crippen LogP contribution in [0.2, 0.25) is 0 Å². The molecule has 1 unspecified atom stereocenters. The van der Waals surface area contributed by atoms with Crippen LogP contribution in [0.25, 0.3) is 0 Å². The van der Waals surface area contributed by atoms with Crippen LogP contribution in [0.4, 0.5) is 0 Å². The fraction of sp³-hybridized carbons (Fsp3) is 0.611. The molecule has 0 amide bonds. The highest BCUT2D eigenvalue weighted by Gasteiger charge is 2.37. The third kappa shape index (κ3) is 4.84. The molecule has 0 spiro atoms. The molecule has 0 saturated heterocycles. The summed E-state index contributed by atoms with van der Waals surface area (Å²) < 4.78 is 5.73. The Morgan fingerprint density at radius 3 is 2.57 bits per heavy atom. The summed E-state index contributed by atoms with van der Waals surface area (Å²) in [5.74, 6) is 0.657. The topological polar surface area (TPSA) is 45.0 Å². The summed E-state index contributed by atoms with van der Waals surface area (Å²) in [6.07, 6.45) is 4.11. The van der Waals surface area contributed by atoms with Gasteiger partial charge in [-0.1, -0.05) is 44.2 Å². The highest BCUT2D eigenvalue weighted by Crippen LogP contribution is 2.31. The van der Waals surface area contributed by atoms with Crippen LogP contribution < -0.4 is 5.32 Å². The minimum Gasteiger partial charge on any atom is -0.381 e. The van der Waals surface area contributed by atoms with Crippen molar-refractivity contribution in [2.45, 2.75) is 51.1 Å². The molecule has 0 aromatic heterocycles. The summed E-state index contributed by atoms with van der Waals surface area (Å²) in [5.41, 5.74) is 0.437. The Balaban J connectivity index is 1.97. The molecule has 1 aliphatic carbocycles. The van der Waals surface area contributed by atoms with Crippen LogP contribution in [0.15, 0.2) is 30.3 Å². The molecule has 1 aromatic carbocycles. The first-order chi connectivity index (χ1) is 10.2. The minimum atomic E-state index is -0.611. The van der Waals surface area contributed by atoms with Gasteiger partial charge in [-0.15, -0.1) is 0 Å². The maximum Gasteiger partial charge on any atom is 0.134 e. The van der Waals surface area contributed by atoms with Gasteiger partial charge in [0.25, 0.3) is 0 Å². The van der Waals surface area contributed by atoms with Gasteiger partial charge >= 0.3 is 0 Å². The maximum atomic E-state index is 9.78. The van der Waals surface area contributed by atoms with Crippen molar-refractivity contribution < 1.29 is 4.74 Å². The summed E-state index contributed by atoms with van der Waals surface area (Å²) in [6.45, 7) is 5.79. The fourth-order valence-corrected chi connectivity index (χ4v) is 2.40. The van der Waals surface area contributed by atoms with E-state index in [1.807, 2.05) is 30.3 Å². The van der Waals surface area contributed by atoms with Crippen molar-refractivity contribution in [2.75, 3.05) is 13.2 Å². The summed E-state index contributed by atoms with van der Waals surface area (Å²) >= 11 is 0. The molecule has 21 heavy (non-hydrogen) atoms. The summed E-state index contributed by atoms with van der Waals surface area (Å²) in [5, 5.41) is 13.3. The van der Waals surface area contributed by atoms with Crippen LogP contribution >= 0.6 is 0 Å². The van der Waals surface area contributed by atoms with E-state index >= 15 is 0 Å². The second kappa shape index (κ2) is 7.59. The van der Waals surface area contributed by atoms with Gasteiger partial charge in [0.1, 0.15) is 5.54 Å². The summed E-state index contributed by atoms with van der Waals surface area (Å²) in [6, 6.07) is 13.0. The Bertz CT molecular complexity index is 462. The average molecular weight is 286 g/mol. The van der Waals surface area contributed by atoms with Gasteiger partial charge in [0.15, 0.2) is 0 Å². The van der Waals surface area contributed by atoms with E-state index in [-0.39, 0.29) is 0 Å². The highest BCUT2D eigenvalue weighted by molar-refractivity contribution is 5.32. The van der Waals surface area contributed by atoms with E-state index in [9.17, 15) is 5.26 Å². The smallest absolute Gasteiger partial charge is 0.134 e. The number of ether oxygens (including phenoxy) is 1. The first kappa shape index (κ1) is 16.0. The van der Waals surface area contributed by atoms with E-state index < -0.39 is 5.54 Å². The van der Waals surface area contributed by atoms with Crippen molar-refractivity contribution in [2.24, 2.45) is 5.92 Å². The van der Waals surface area contributed by atoms with Gasteiger partial charge in [-0.3, -0.25) is 5.32 Å². The first-order valence-corrected chi connectivity index (χ1v) is 7.98. The predicted molar refractivity (Wildman–Crippen MR) is 84.8 cm³/mol. The van der Waals surface area contributed by atoms with Gasteiger partial charge in [-0.25, -0.2) is 0 Å². The monoisotopic (exact) mass is 286 g/mol. The van der Waals surface area contributed by atoms with Crippen molar-refractivity contribution in [3.05, 3.63) is 35.9 Å². The Kier molecular flexibility index (Phi) is 5.78. The largest absolute Gasteiger partial charge is 0.381 e. The second-order valence-electron chi connectivity index (χ2n) is 6.35. The Hall–Kier alpha value is -1.37. The van der Waals surface area contributed by atoms with Crippen LogP contribution in [-0.2, 0) is 10.3 Å². The number of nitrogens with one attached hydrogen (secondary N) is 1. The quantitative estimate of drug-likeness (QED) is 0.705. The van der Waals surface area contributed by atoms with Crippen LogP contribution in [-0.4, -0.2) is 19.3 Å². The van der Waals surface area contributed by atoms with E-state index in [4.69, 9.17) is 4.74 Å². The molecular formula is C18H26N2O. The number of nitrogens with zero attached hydrogens (tertiary/aromatic N) is 1. The maximum absolute atomic E-state index is 9.78. The molecule has 1 N–H and O–H groups in total. The van der Waals surface area contributed by atoms with E-state index in [1.165, 1.54) is 12.8 Å². The Morgan fingerprint density at radius 1 is 1.29 bits per heavy atom. The van der Waals surface area contributed by atoms with Crippen LogP contribution in [0.3, 0.4) is 0 Å². The molecule has 3 nitrogen and oxygen atoms in total. The van der Waals surface area contributed by atoms with Crippen LogP contribution in [0.5, 0.6) is 0 Å². The lowest BCUT2D eigenvalue weighted by atomic mass is 9.88. The molecule has 3 heteroatoms. The van der Waals surface area contributed by atoms with Gasteiger partial charge in [-0.2, -0.15) is 5.26 Å². The third-order valence-corrected chi connectivity index (χ3v) is 3.95. The molecule has 1 saturated carbocycles. The first-order valence-electron chi connectivity index (χ1n) is 7.98. The van der Waals surface area contributed by atoms with Crippen molar-refractivity contribution in [3.63, 3.8) is 0 Å². The molecule has 1 atom stereocenters. The van der Waals surface area contributed by atoms with Crippen molar-refractivity contribution in [1.29, 1.82) is 5.26 Å². The van der Waals surface area contributed by atoms with E-state index in [1.54, 1.807) is 0 Å². The zero-order chi connectivity index (χ0) is 15.1. The second-order valence-corrected chi connectivity index (χ2v) is 6.35. The minimum absolute atomic E-state index is 0.487. The molecule has 1 aliphatic rings. The zero-order valence-electron chi connectivity index (χ0n) is 13.1. The molecular weight excluding hydrogens is 260 g/mol. The fourth-order valence-electron chi connectivity index (χ4n) is 2.40. The molecule has 0 aliphatic heterocycles. The number of hydrogen-bond donors (Lipinski definition) is 1. The number of benzene rings is 1. The van der Waals surface area contributed by atoms with Gasteiger partial charge in [-0.05, 0) is 30.7 Å². The zero-order valence-corrected chi connectivity index (χ0v) is 13.1. The average Bonchev–Trinajstić information content (AvgIpc) is 3.30. The SMILES string of the molecule is CC(C)CCOCCC(C#N)(NC1CC1)c1ccccc1. The van der Waals surface area contributed by atoms with Crippen molar-refractivity contribution >= 4 is 0 Å². The highest BCUT2D eigenvalue weighted by atomic mass is 16.5. The molecule has 0 bridgehead atoms. The molecule has 114 valence electrons. The molecule has 2 rings (SSSR count). The summed E-state index contributed by atoms with van der Waals surface area (Å²) in [7, 11) is 0. The number of rotatable bonds is 9. The van der Waals surface area contributed by atoms with Crippen molar-refractivity contribution in [3.8, 4) is 6.07 Å². The van der Waals surface area contributed by atoms with Crippen LogP contribution in [0, 0.1) is 17.2 Å². The number of nitriles is 1. The molecule has 1 aromatic rings. The lowest BCUT2D eigenvalue weighted by molar-refractivity contribution is 0.106. The van der Waals surface area contributed by atoms with E-state index in [2.05, 4.69) is 25.2 Å². The van der Waals surface area contributed by atoms with E-state index in [0.29, 0.717) is 25.0 Å². The normalized spacial score (nSPS) is 17.4. The molecule has 0 radical (unpaired) electrons. The van der Waals surface area contributed by atoms with Crippen molar-refractivity contribution in [1.82, 2.24) is 5.32 Å². The lowest BCUT2D eigenvalue weighted by Crippen LogP contribution is -2.43. The van der Waals surface area contributed by atoms with Gasteiger partial charge in [0.05, 0.1) is 6.07 Å². The lowest BCUT2D eigenvalue weighted by Gasteiger charge is -2.28. The van der Waals surface area contributed by atoms with Gasteiger partial charge in [0.2, 0.25) is 0 Å². The van der Waals surface area contributed by atoms with E-state index in [0.717, 1.165) is 18.6 Å². The molecule has 0 heterocycles. The van der Waals surface area contributed by atoms with Gasteiger partial charge < -0.3 is 4.74 Å². The summed E-state index contributed by atoms with van der Waals surface area (Å²) in [4.78, 5) is 0. The number of hydrogen-bond acceptors (Lipinski definition) is 3. The predicted octanol–water partition coefficient (Wildman–Crippen LogP) is 3.61. The third-order valence-electron chi connectivity index (χ3n) is 3.95. The Morgan fingerprint density at radius 2 is 2.00 bits per heavy atom. The molecule has 1 fully saturated rings. The standard InChI is InChI=1S/C18H26N2O/c1-15(2)10-12-21-13-11-18(14-19,20-17-8-9-17)16-6-4-3-5-7-16/h3-7,15,17,20H,8-13H2,1-2H3. The van der Waals surface area contributed by atoms with Crippen LogP contribution in [0.1, 0.15) is 45.1 Å². The Labute approximate surface area is 128 Å². The van der Waals surface area contributed by atoms with Gasteiger partial charge in [0, 0.05) is 25.7 Å².